The van der Waals surface area contributed by atoms with E-state index in [1.807, 2.05) is 37.3 Å². The van der Waals surface area contributed by atoms with Gasteiger partial charge in [0.1, 0.15) is 24.0 Å². The maximum absolute atomic E-state index is 12.2. The number of aryl methyl sites for hydroxylation is 2. The number of nitrogens with one attached hydrogen (secondary N) is 2. The highest BCUT2D eigenvalue weighted by Gasteiger charge is 2.22. The van der Waals surface area contributed by atoms with E-state index in [-0.39, 0.29) is 6.10 Å². The van der Waals surface area contributed by atoms with Crippen molar-refractivity contribution >= 4 is 17.6 Å². The summed E-state index contributed by atoms with van der Waals surface area (Å²) in [4.78, 5) is 27.8. The topological polar surface area (TPSA) is 113 Å². The van der Waals surface area contributed by atoms with Gasteiger partial charge in [0.05, 0.1) is 6.10 Å². The van der Waals surface area contributed by atoms with Crippen LogP contribution in [0.2, 0.25) is 0 Å². The molecule has 4 rings (SSSR count). The molecule has 9 nitrogen and oxygen atoms in total. The maximum Gasteiger partial charge on any atom is 0.326 e. The van der Waals surface area contributed by atoms with Gasteiger partial charge in [0.2, 0.25) is 0 Å². The Bertz CT molecular complexity index is 1190. The van der Waals surface area contributed by atoms with E-state index in [9.17, 15) is 9.90 Å². The number of hydrogen-bond donors (Lipinski definition) is 3. The molecule has 1 aliphatic rings. The van der Waals surface area contributed by atoms with Crippen LogP contribution in [0.25, 0.3) is 11.1 Å². The third-order valence-electron chi connectivity index (χ3n) is 7.17. The predicted octanol–water partition coefficient (Wildman–Crippen LogP) is 4.51. The normalized spacial score (nSPS) is 14.3. The SMILES string of the molecule is CO[C@H](C)CN(CCCCc1ccc2c(n1)NCCC2)CCC(Nc1ncncc1-c1ccccc1)C(=O)O. The highest BCUT2D eigenvalue weighted by molar-refractivity contribution is 5.81. The summed E-state index contributed by atoms with van der Waals surface area (Å²) in [5.74, 6) is 0.660. The molecule has 0 saturated carbocycles. The average molecular weight is 533 g/mol. The number of rotatable bonds is 15. The molecule has 0 spiro atoms. The first-order valence-corrected chi connectivity index (χ1v) is 13.9. The van der Waals surface area contributed by atoms with Gasteiger partial charge in [-0.05, 0) is 69.2 Å². The van der Waals surface area contributed by atoms with Crippen LogP contribution in [0.5, 0.6) is 0 Å². The molecule has 0 bridgehead atoms. The number of fused-ring (bicyclic) bond motifs is 1. The summed E-state index contributed by atoms with van der Waals surface area (Å²) in [6, 6.07) is 13.3. The summed E-state index contributed by atoms with van der Waals surface area (Å²) in [5.41, 5.74) is 4.14. The standard InChI is InChI=1S/C30H40N6O3/c1-22(39-2)20-36(17-7-6-12-25-14-13-24-11-8-16-32-28(24)34-25)18-15-27(30(37)38)35-29-26(19-31-21-33-29)23-9-4-3-5-10-23/h3-5,9-10,13-14,19,21-22,27H,6-8,11-12,15-18,20H2,1-2H3,(H,32,34)(H,37,38)(H,31,33,35)/t22-,27?/m1/s1. The summed E-state index contributed by atoms with van der Waals surface area (Å²) in [6.07, 6.45) is 8.84. The number of carbonyl (C=O) groups is 1. The minimum Gasteiger partial charge on any atom is -0.480 e. The van der Waals surface area contributed by atoms with Crippen molar-refractivity contribution in [2.24, 2.45) is 0 Å². The Morgan fingerprint density at radius 2 is 2.03 bits per heavy atom. The van der Waals surface area contributed by atoms with Crippen molar-refractivity contribution in [1.82, 2.24) is 19.9 Å². The van der Waals surface area contributed by atoms with E-state index in [4.69, 9.17) is 9.72 Å². The van der Waals surface area contributed by atoms with Gasteiger partial charge in [-0.2, -0.15) is 0 Å². The molecule has 0 aliphatic carbocycles. The number of unbranched alkanes of at least 4 members (excludes halogenated alkanes) is 1. The fourth-order valence-electron chi connectivity index (χ4n) is 4.89. The van der Waals surface area contributed by atoms with E-state index in [2.05, 4.69) is 37.6 Å². The number of benzene rings is 1. The number of aromatic nitrogens is 3. The lowest BCUT2D eigenvalue weighted by molar-refractivity contribution is -0.138. The number of carboxylic acids is 1. The van der Waals surface area contributed by atoms with E-state index < -0.39 is 12.0 Å². The third kappa shape index (κ3) is 8.46. The Morgan fingerprint density at radius 1 is 1.18 bits per heavy atom. The monoisotopic (exact) mass is 532 g/mol. The molecule has 0 saturated heterocycles. The Labute approximate surface area is 231 Å². The lowest BCUT2D eigenvalue weighted by Crippen LogP contribution is -2.38. The number of hydrogen-bond acceptors (Lipinski definition) is 8. The summed E-state index contributed by atoms with van der Waals surface area (Å²) >= 11 is 0. The van der Waals surface area contributed by atoms with Crippen LogP contribution < -0.4 is 10.6 Å². The van der Waals surface area contributed by atoms with Crippen molar-refractivity contribution in [3.8, 4) is 11.1 Å². The quantitative estimate of drug-likeness (QED) is 0.243. The molecular formula is C30H40N6O3. The minimum atomic E-state index is -0.903. The van der Waals surface area contributed by atoms with Gasteiger partial charge in [-0.25, -0.2) is 19.7 Å². The van der Waals surface area contributed by atoms with Crippen molar-refractivity contribution in [2.75, 3.05) is 43.9 Å². The molecule has 1 unspecified atom stereocenters. The third-order valence-corrected chi connectivity index (χ3v) is 7.17. The summed E-state index contributed by atoms with van der Waals surface area (Å²) < 4.78 is 5.52. The van der Waals surface area contributed by atoms with Gasteiger partial charge >= 0.3 is 5.97 Å². The maximum atomic E-state index is 12.2. The molecule has 0 amide bonds. The molecule has 9 heteroatoms. The van der Waals surface area contributed by atoms with E-state index in [1.54, 1.807) is 13.3 Å². The highest BCUT2D eigenvalue weighted by atomic mass is 16.5. The van der Waals surface area contributed by atoms with Crippen LogP contribution in [0.4, 0.5) is 11.6 Å². The second-order valence-corrected chi connectivity index (χ2v) is 10.1. The Balaban J connectivity index is 1.33. The van der Waals surface area contributed by atoms with Crippen LogP contribution in [0, 0.1) is 0 Å². The molecule has 2 atom stereocenters. The molecule has 1 aromatic carbocycles. The Hall–Kier alpha value is -3.56. The van der Waals surface area contributed by atoms with E-state index in [1.165, 1.54) is 11.9 Å². The Kier molecular flexibility index (Phi) is 10.6. The number of nitrogens with zero attached hydrogens (tertiary/aromatic N) is 4. The number of methoxy groups -OCH3 is 1. The zero-order valence-electron chi connectivity index (χ0n) is 23.0. The van der Waals surface area contributed by atoms with E-state index >= 15 is 0 Å². The van der Waals surface area contributed by atoms with Crippen LogP contribution in [-0.2, 0) is 22.4 Å². The van der Waals surface area contributed by atoms with E-state index in [0.29, 0.717) is 18.8 Å². The second kappa shape index (κ2) is 14.6. The molecule has 3 aromatic rings. The number of carboxylic acid groups (broad SMARTS) is 1. The summed E-state index contributed by atoms with van der Waals surface area (Å²) in [7, 11) is 1.71. The van der Waals surface area contributed by atoms with Gasteiger partial charge in [0.25, 0.3) is 0 Å². The molecule has 3 N–H and O–H groups in total. The fraction of sp³-hybridized carbons (Fsp3) is 0.467. The first-order valence-electron chi connectivity index (χ1n) is 13.9. The van der Waals surface area contributed by atoms with Crippen molar-refractivity contribution in [1.29, 1.82) is 0 Å². The predicted molar refractivity (Wildman–Crippen MR) is 154 cm³/mol. The number of ether oxygens (including phenoxy) is 1. The van der Waals surface area contributed by atoms with Gasteiger partial charge in [0.15, 0.2) is 0 Å². The molecule has 208 valence electrons. The van der Waals surface area contributed by atoms with Crippen molar-refractivity contribution in [3.05, 3.63) is 66.2 Å². The summed E-state index contributed by atoms with van der Waals surface area (Å²) in [5, 5.41) is 16.6. The molecule has 39 heavy (non-hydrogen) atoms. The average Bonchev–Trinajstić information content (AvgIpc) is 2.97. The number of pyridine rings is 1. The number of anilines is 2. The second-order valence-electron chi connectivity index (χ2n) is 10.1. The smallest absolute Gasteiger partial charge is 0.326 e. The Morgan fingerprint density at radius 3 is 2.82 bits per heavy atom. The molecule has 0 fully saturated rings. The lowest BCUT2D eigenvalue weighted by atomic mass is 10.1. The molecular weight excluding hydrogens is 492 g/mol. The summed E-state index contributed by atoms with van der Waals surface area (Å²) in [6.45, 7) is 5.27. The first-order chi connectivity index (χ1) is 19.0. The molecule has 0 radical (unpaired) electrons. The van der Waals surface area contributed by atoms with Gasteiger partial charge in [-0.1, -0.05) is 36.4 Å². The van der Waals surface area contributed by atoms with Crippen LogP contribution in [-0.4, -0.2) is 76.4 Å². The highest BCUT2D eigenvalue weighted by Crippen LogP contribution is 2.26. The van der Waals surface area contributed by atoms with Gasteiger partial charge in [-0.3, -0.25) is 0 Å². The van der Waals surface area contributed by atoms with Crippen molar-refractivity contribution in [3.63, 3.8) is 0 Å². The first kappa shape index (κ1) is 28.4. The van der Waals surface area contributed by atoms with Crippen molar-refractivity contribution < 1.29 is 14.6 Å². The van der Waals surface area contributed by atoms with E-state index in [0.717, 1.165) is 74.4 Å². The van der Waals surface area contributed by atoms with Gasteiger partial charge in [-0.15, -0.1) is 0 Å². The van der Waals surface area contributed by atoms with Crippen LogP contribution in [0.3, 0.4) is 0 Å². The zero-order chi connectivity index (χ0) is 27.5. The van der Waals surface area contributed by atoms with Crippen LogP contribution in [0.1, 0.15) is 43.9 Å². The van der Waals surface area contributed by atoms with Crippen LogP contribution in [0.15, 0.2) is 55.0 Å². The minimum absolute atomic E-state index is 0.0566. The fourth-order valence-corrected chi connectivity index (χ4v) is 4.89. The zero-order valence-corrected chi connectivity index (χ0v) is 23.0. The van der Waals surface area contributed by atoms with Crippen LogP contribution >= 0.6 is 0 Å². The molecule has 2 aromatic heterocycles. The lowest BCUT2D eigenvalue weighted by Gasteiger charge is -2.27. The largest absolute Gasteiger partial charge is 0.480 e. The van der Waals surface area contributed by atoms with Gasteiger partial charge in [0, 0.05) is 44.2 Å². The molecule has 1 aliphatic heterocycles. The van der Waals surface area contributed by atoms with Gasteiger partial charge < -0.3 is 25.4 Å². The van der Waals surface area contributed by atoms with Crippen molar-refractivity contribution in [2.45, 2.75) is 57.6 Å². The molecule has 3 heterocycles. The number of aliphatic carboxylic acids is 1.